The van der Waals surface area contributed by atoms with Crippen molar-refractivity contribution in [2.45, 2.75) is 42.0 Å². The Balaban J connectivity index is 1.39. The van der Waals surface area contributed by atoms with Gasteiger partial charge in [0.25, 0.3) is 0 Å². The van der Waals surface area contributed by atoms with Gasteiger partial charge < -0.3 is 19.9 Å². The minimum absolute atomic E-state index is 0.0689. The zero-order valence-electron chi connectivity index (χ0n) is 24.7. The number of morpholine rings is 1. The third-order valence-electron chi connectivity index (χ3n) is 8.57. The van der Waals surface area contributed by atoms with Crippen LogP contribution in [0.2, 0.25) is 10.0 Å². The Bertz CT molecular complexity index is 1640. The topological polar surface area (TPSA) is 77.7 Å². The SMILES string of the molecule is Cc1cc(Cl)ccc1CN1C(=O)CC(Sc2ccccc2)(C(=O)NCCCN2CCOCC2)C1c1c[nH]c2cc(Cl)ccc12. The highest BCUT2D eigenvalue weighted by Gasteiger charge is 2.58. The number of hydrogen-bond acceptors (Lipinski definition) is 5. The largest absolute Gasteiger partial charge is 0.379 e. The maximum absolute atomic E-state index is 14.6. The number of aryl methyl sites for hydroxylation is 1. The third-order valence-corrected chi connectivity index (χ3v) is 10.5. The lowest BCUT2D eigenvalue weighted by molar-refractivity contribution is -0.129. The first-order valence-electron chi connectivity index (χ1n) is 15.0. The number of benzene rings is 3. The monoisotopic (exact) mass is 650 g/mol. The molecule has 2 saturated heterocycles. The molecular formula is C34H36Cl2N4O3S. The number of halogens is 2. The molecule has 2 unspecified atom stereocenters. The first-order chi connectivity index (χ1) is 21.3. The molecule has 0 spiro atoms. The van der Waals surface area contributed by atoms with Crippen molar-refractivity contribution in [2.75, 3.05) is 39.4 Å². The summed E-state index contributed by atoms with van der Waals surface area (Å²) < 4.78 is 4.36. The Labute approximate surface area is 272 Å². The average Bonchev–Trinajstić information content (AvgIpc) is 3.55. The zero-order valence-corrected chi connectivity index (χ0v) is 27.0. The second-order valence-electron chi connectivity index (χ2n) is 11.5. The molecule has 10 heteroatoms. The lowest BCUT2D eigenvalue weighted by atomic mass is 9.91. The number of carbonyl (C=O) groups is 2. The minimum Gasteiger partial charge on any atom is -0.379 e. The number of aromatic amines is 1. The van der Waals surface area contributed by atoms with E-state index in [1.54, 1.807) is 0 Å². The number of carbonyl (C=O) groups excluding carboxylic acids is 2. The molecule has 2 amide bonds. The molecule has 7 nitrogen and oxygen atoms in total. The number of amides is 2. The van der Waals surface area contributed by atoms with Crippen LogP contribution in [0.15, 0.2) is 77.8 Å². The van der Waals surface area contributed by atoms with Gasteiger partial charge in [-0.2, -0.15) is 0 Å². The average molecular weight is 652 g/mol. The fraction of sp³-hybridized carbons (Fsp3) is 0.353. The molecule has 2 aliphatic heterocycles. The number of rotatable bonds is 10. The van der Waals surface area contributed by atoms with Crippen LogP contribution < -0.4 is 5.32 Å². The van der Waals surface area contributed by atoms with Crippen molar-refractivity contribution < 1.29 is 14.3 Å². The summed E-state index contributed by atoms with van der Waals surface area (Å²) in [5.74, 6) is -0.204. The molecule has 3 heterocycles. The molecule has 2 fully saturated rings. The molecule has 4 aromatic rings. The van der Waals surface area contributed by atoms with Gasteiger partial charge in [0.2, 0.25) is 11.8 Å². The van der Waals surface area contributed by atoms with Gasteiger partial charge in [0, 0.05) is 63.8 Å². The number of aromatic nitrogens is 1. The fourth-order valence-corrected chi connectivity index (χ4v) is 8.14. The van der Waals surface area contributed by atoms with E-state index in [0.717, 1.165) is 71.8 Å². The number of fused-ring (bicyclic) bond motifs is 1. The Morgan fingerprint density at radius 1 is 1.07 bits per heavy atom. The van der Waals surface area contributed by atoms with Crippen LogP contribution in [0, 0.1) is 6.92 Å². The van der Waals surface area contributed by atoms with Crippen LogP contribution in [0.1, 0.15) is 35.6 Å². The van der Waals surface area contributed by atoms with E-state index in [2.05, 4.69) is 15.2 Å². The Morgan fingerprint density at radius 2 is 1.82 bits per heavy atom. The van der Waals surface area contributed by atoms with Gasteiger partial charge in [-0.25, -0.2) is 0 Å². The molecule has 6 rings (SSSR count). The number of ether oxygens (including phenoxy) is 1. The van der Waals surface area contributed by atoms with Crippen LogP contribution in [-0.4, -0.2) is 70.7 Å². The minimum atomic E-state index is -1.12. The summed E-state index contributed by atoms with van der Waals surface area (Å²) >= 11 is 14.1. The number of nitrogens with one attached hydrogen (secondary N) is 2. The van der Waals surface area contributed by atoms with E-state index < -0.39 is 10.8 Å². The van der Waals surface area contributed by atoms with E-state index in [0.29, 0.717) is 23.1 Å². The van der Waals surface area contributed by atoms with Crippen LogP contribution in [0.25, 0.3) is 10.9 Å². The second kappa shape index (κ2) is 13.5. The highest BCUT2D eigenvalue weighted by Crippen LogP contribution is 2.54. The van der Waals surface area contributed by atoms with Gasteiger partial charge in [0.05, 0.1) is 25.7 Å². The van der Waals surface area contributed by atoms with E-state index in [4.69, 9.17) is 27.9 Å². The predicted octanol–water partition coefficient (Wildman–Crippen LogP) is 6.63. The molecule has 3 aromatic carbocycles. The van der Waals surface area contributed by atoms with Crippen molar-refractivity contribution in [3.63, 3.8) is 0 Å². The van der Waals surface area contributed by atoms with Crippen LogP contribution in [0.5, 0.6) is 0 Å². The quantitative estimate of drug-likeness (QED) is 0.189. The zero-order chi connectivity index (χ0) is 30.7. The van der Waals surface area contributed by atoms with Gasteiger partial charge in [0.1, 0.15) is 4.75 Å². The fourth-order valence-electron chi connectivity index (χ4n) is 6.30. The molecular weight excluding hydrogens is 615 g/mol. The maximum Gasteiger partial charge on any atom is 0.239 e. The summed E-state index contributed by atoms with van der Waals surface area (Å²) in [4.78, 5) is 37.3. The predicted molar refractivity (Wildman–Crippen MR) is 177 cm³/mol. The lowest BCUT2D eigenvalue weighted by Gasteiger charge is -2.36. The molecule has 0 saturated carbocycles. The van der Waals surface area contributed by atoms with Gasteiger partial charge in [-0.05, 0) is 67.4 Å². The first kappa shape index (κ1) is 31.0. The van der Waals surface area contributed by atoms with Crippen molar-refractivity contribution in [1.82, 2.24) is 20.1 Å². The number of H-pyrrole nitrogens is 1. The van der Waals surface area contributed by atoms with E-state index in [1.165, 1.54) is 11.8 Å². The van der Waals surface area contributed by atoms with Crippen LogP contribution in [-0.2, 0) is 20.9 Å². The standard InChI is InChI=1S/C34H36Cl2N4O3S/c1-23-18-25(35)9-8-24(23)22-40-31(41)20-34(44-27-6-3-2-4-7-27,33(42)37-12-5-13-39-14-16-43-17-15-39)32(40)29-21-38-30-19-26(36)10-11-28(29)30/h2-4,6-11,18-19,21,32,38H,5,12-17,20,22H2,1H3,(H,37,42). The number of thioether (sulfide) groups is 1. The molecule has 0 bridgehead atoms. The van der Waals surface area contributed by atoms with E-state index in [-0.39, 0.29) is 18.2 Å². The van der Waals surface area contributed by atoms with Crippen molar-refractivity contribution in [2.24, 2.45) is 0 Å². The van der Waals surface area contributed by atoms with E-state index in [9.17, 15) is 9.59 Å². The molecule has 44 heavy (non-hydrogen) atoms. The van der Waals surface area contributed by atoms with Gasteiger partial charge in [0.15, 0.2) is 0 Å². The van der Waals surface area contributed by atoms with Crippen molar-refractivity contribution >= 4 is 57.7 Å². The highest BCUT2D eigenvalue weighted by atomic mass is 35.5. The summed E-state index contributed by atoms with van der Waals surface area (Å²) in [6.07, 6.45) is 2.81. The summed E-state index contributed by atoms with van der Waals surface area (Å²) in [6.45, 7) is 7.05. The van der Waals surface area contributed by atoms with Crippen LogP contribution in [0.4, 0.5) is 0 Å². The Hall–Kier alpha value is -3.01. The number of likely N-dealkylation sites (tertiary alicyclic amines) is 1. The summed E-state index contributed by atoms with van der Waals surface area (Å²) in [5.41, 5.74) is 3.73. The molecule has 230 valence electrons. The molecule has 1 aromatic heterocycles. The van der Waals surface area contributed by atoms with Crippen molar-refractivity contribution in [1.29, 1.82) is 0 Å². The highest BCUT2D eigenvalue weighted by molar-refractivity contribution is 8.01. The molecule has 2 N–H and O–H groups in total. The van der Waals surface area contributed by atoms with E-state index in [1.807, 2.05) is 84.8 Å². The van der Waals surface area contributed by atoms with Gasteiger partial charge in [-0.15, -0.1) is 11.8 Å². The van der Waals surface area contributed by atoms with Gasteiger partial charge in [-0.3, -0.25) is 14.5 Å². The van der Waals surface area contributed by atoms with Crippen molar-refractivity contribution in [3.05, 3.63) is 99.7 Å². The normalized spacial score (nSPS) is 20.8. The third kappa shape index (κ3) is 6.51. The molecule has 2 atom stereocenters. The lowest BCUT2D eigenvalue weighted by Crippen LogP contribution is -2.48. The Kier molecular flexibility index (Phi) is 9.54. The van der Waals surface area contributed by atoms with Gasteiger partial charge in [-0.1, -0.05) is 53.5 Å². The van der Waals surface area contributed by atoms with Crippen molar-refractivity contribution in [3.8, 4) is 0 Å². The van der Waals surface area contributed by atoms with E-state index >= 15 is 0 Å². The Morgan fingerprint density at radius 3 is 2.59 bits per heavy atom. The summed E-state index contributed by atoms with van der Waals surface area (Å²) in [5, 5.41) is 5.45. The molecule has 2 aliphatic rings. The second-order valence-corrected chi connectivity index (χ2v) is 13.8. The summed E-state index contributed by atoms with van der Waals surface area (Å²) in [7, 11) is 0. The first-order valence-corrected chi connectivity index (χ1v) is 16.5. The number of nitrogens with zero attached hydrogens (tertiary/aromatic N) is 2. The smallest absolute Gasteiger partial charge is 0.239 e. The summed E-state index contributed by atoms with van der Waals surface area (Å²) in [6, 6.07) is 20.8. The number of hydrogen-bond donors (Lipinski definition) is 2. The van der Waals surface area contributed by atoms with Crippen LogP contribution >= 0.6 is 35.0 Å². The molecule has 0 radical (unpaired) electrons. The maximum atomic E-state index is 14.6. The van der Waals surface area contributed by atoms with Gasteiger partial charge >= 0.3 is 0 Å². The molecule has 0 aliphatic carbocycles. The van der Waals surface area contributed by atoms with Crippen LogP contribution in [0.3, 0.4) is 0 Å².